The minimum absolute atomic E-state index is 0.0673. The van der Waals surface area contributed by atoms with E-state index >= 15 is 0 Å². The molecule has 2 N–H and O–H groups in total. The highest BCUT2D eigenvalue weighted by Gasteiger charge is 2.42. The lowest BCUT2D eigenvalue weighted by molar-refractivity contribution is -0.142. The normalized spacial score (nSPS) is 17.3. The van der Waals surface area contributed by atoms with Crippen molar-refractivity contribution in [2.75, 3.05) is 20.1 Å². The van der Waals surface area contributed by atoms with E-state index in [0.717, 1.165) is 4.90 Å². The second kappa shape index (κ2) is 6.55. The van der Waals surface area contributed by atoms with Gasteiger partial charge in [-0.25, -0.2) is 9.59 Å². The van der Waals surface area contributed by atoms with E-state index in [1.54, 1.807) is 19.1 Å². The third kappa shape index (κ3) is 4.07. The Morgan fingerprint density at radius 2 is 2.00 bits per heavy atom. The topological polar surface area (TPSA) is 81.1 Å². The van der Waals surface area contributed by atoms with Crippen LogP contribution in [0.4, 0.5) is 4.79 Å². The maximum atomic E-state index is 12.3. The molecule has 1 saturated heterocycles. The summed E-state index contributed by atoms with van der Waals surface area (Å²) < 4.78 is 0. The van der Waals surface area contributed by atoms with E-state index in [2.05, 4.69) is 0 Å². The molecule has 1 atom stereocenters. The lowest BCUT2D eigenvalue weighted by atomic mass is 9.97. The van der Waals surface area contributed by atoms with Crippen LogP contribution in [-0.4, -0.2) is 63.8 Å². The lowest BCUT2D eigenvalue weighted by Gasteiger charge is -2.46. The molecule has 0 radical (unpaired) electrons. The zero-order valence-corrected chi connectivity index (χ0v) is 14.3. The smallest absolute Gasteiger partial charge is 0.326 e. The Morgan fingerprint density at radius 3 is 2.48 bits per heavy atom. The monoisotopic (exact) mass is 360 g/mol. The van der Waals surface area contributed by atoms with Gasteiger partial charge in [0.05, 0.1) is 18.7 Å². The number of likely N-dealkylation sites (N-methyl/N-ethyl adjacent to an activating group) is 1. The predicted octanol–water partition coefficient (Wildman–Crippen LogP) is 2.11. The molecule has 0 spiro atoms. The highest BCUT2D eigenvalue weighted by molar-refractivity contribution is 6.35. The van der Waals surface area contributed by atoms with Crippen LogP contribution in [0.15, 0.2) is 18.2 Å². The van der Waals surface area contributed by atoms with E-state index < -0.39 is 23.6 Å². The molecule has 1 heterocycles. The van der Waals surface area contributed by atoms with Crippen LogP contribution in [0.1, 0.15) is 12.5 Å². The number of rotatable bonds is 4. The molecule has 1 aromatic carbocycles. The number of urea groups is 1. The third-order valence-electron chi connectivity index (χ3n) is 3.82. The molecule has 2 amide bonds. The number of aliphatic carboxylic acids is 1. The van der Waals surface area contributed by atoms with Gasteiger partial charge in [0, 0.05) is 23.5 Å². The van der Waals surface area contributed by atoms with Gasteiger partial charge in [0.25, 0.3) is 0 Å². The first-order valence-electron chi connectivity index (χ1n) is 7.01. The van der Waals surface area contributed by atoms with Gasteiger partial charge >= 0.3 is 12.0 Å². The summed E-state index contributed by atoms with van der Waals surface area (Å²) in [6.45, 7) is 1.99. The molecule has 0 aromatic heterocycles. The summed E-state index contributed by atoms with van der Waals surface area (Å²) in [6.07, 6.45) is 0.0673. The van der Waals surface area contributed by atoms with Gasteiger partial charge in [0.2, 0.25) is 0 Å². The van der Waals surface area contributed by atoms with Gasteiger partial charge in [0.1, 0.15) is 6.04 Å². The summed E-state index contributed by atoms with van der Waals surface area (Å²) >= 11 is 11.9. The molecule has 126 valence electrons. The fraction of sp³-hybridized carbons (Fsp3) is 0.467. The van der Waals surface area contributed by atoms with Crippen molar-refractivity contribution in [3.63, 3.8) is 0 Å². The van der Waals surface area contributed by atoms with E-state index in [9.17, 15) is 19.8 Å². The first kappa shape index (κ1) is 17.8. The Balaban J connectivity index is 2.11. The average Bonchev–Trinajstić information content (AvgIpc) is 2.42. The van der Waals surface area contributed by atoms with Gasteiger partial charge in [-0.15, -0.1) is 0 Å². The number of hydrogen-bond donors (Lipinski definition) is 2. The van der Waals surface area contributed by atoms with Crippen LogP contribution in [0, 0.1) is 0 Å². The first-order chi connectivity index (χ1) is 10.6. The maximum Gasteiger partial charge on any atom is 0.326 e. The van der Waals surface area contributed by atoms with Crippen LogP contribution in [0.25, 0.3) is 0 Å². The Labute approximate surface area is 144 Å². The summed E-state index contributed by atoms with van der Waals surface area (Å²) in [5.74, 6) is -1.13. The van der Waals surface area contributed by atoms with Crippen LogP contribution >= 0.6 is 23.2 Å². The zero-order chi connectivity index (χ0) is 17.4. The highest BCUT2D eigenvalue weighted by atomic mass is 35.5. The van der Waals surface area contributed by atoms with Crippen molar-refractivity contribution in [2.45, 2.75) is 25.0 Å². The predicted molar refractivity (Wildman–Crippen MR) is 86.9 cm³/mol. The van der Waals surface area contributed by atoms with Gasteiger partial charge in [-0.2, -0.15) is 0 Å². The molecule has 0 saturated carbocycles. The number of carbonyl (C=O) groups is 2. The van der Waals surface area contributed by atoms with Crippen molar-refractivity contribution in [3.05, 3.63) is 33.8 Å². The molecule has 1 aromatic rings. The number of likely N-dealkylation sites (tertiary alicyclic amines) is 1. The maximum absolute atomic E-state index is 12.3. The summed E-state index contributed by atoms with van der Waals surface area (Å²) in [5.41, 5.74) is -0.312. The van der Waals surface area contributed by atoms with Gasteiger partial charge in [-0.1, -0.05) is 29.3 Å². The average molecular weight is 361 g/mol. The largest absolute Gasteiger partial charge is 0.480 e. The molecule has 1 aliphatic heterocycles. The number of carboxylic acid groups (broad SMARTS) is 1. The summed E-state index contributed by atoms with van der Waals surface area (Å²) in [6, 6.07) is 3.30. The Kier molecular flexibility index (Phi) is 5.08. The number of benzene rings is 1. The standard InChI is InChI=1S/C15H18Cl2N2O4/c1-15(23)7-19(8-15)14(22)18(2)12(13(20)21)5-9-3-4-10(16)6-11(9)17/h3-4,6,12,23H,5,7-8H2,1-2H3,(H,20,21)/t12-/m1/s1. The second-order valence-corrected chi connectivity index (χ2v) is 6.88. The quantitative estimate of drug-likeness (QED) is 0.861. The van der Waals surface area contributed by atoms with Crippen LogP contribution in [-0.2, 0) is 11.2 Å². The van der Waals surface area contributed by atoms with Crippen LogP contribution in [0.3, 0.4) is 0 Å². The van der Waals surface area contributed by atoms with Crippen molar-refractivity contribution in [3.8, 4) is 0 Å². The number of carbonyl (C=O) groups excluding carboxylic acids is 1. The van der Waals surface area contributed by atoms with Crippen molar-refractivity contribution in [1.82, 2.24) is 9.80 Å². The van der Waals surface area contributed by atoms with Crippen LogP contribution in [0.5, 0.6) is 0 Å². The Hall–Kier alpha value is -1.50. The first-order valence-corrected chi connectivity index (χ1v) is 7.77. The molecular weight excluding hydrogens is 343 g/mol. The molecule has 8 heteroatoms. The van der Waals surface area contributed by atoms with Gasteiger partial charge in [0.15, 0.2) is 0 Å². The molecule has 0 unspecified atom stereocenters. The van der Waals surface area contributed by atoms with E-state index in [1.807, 2.05) is 0 Å². The van der Waals surface area contributed by atoms with E-state index in [0.29, 0.717) is 15.6 Å². The van der Waals surface area contributed by atoms with Gasteiger partial charge < -0.3 is 20.0 Å². The second-order valence-electron chi connectivity index (χ2n) is 6.04. The number of halogens is 2. The van der Waals surface area contributed by atoms with E-state index in [1.165, 1.54) is 18.0 Å². The Bertz CT molecular complexity index is 628. The number of carboxylic acids is 1. The summed E-state index contributed by atoms with van der Waals surface area (Å²) in [4.78, 5) is 26.4. The number of aliphatic hydroxyl groups is 1. The molecule has 23 heavy (non-hydrogen) atoms. The van der Waals surface area contributed by atoms with E-state index in [4.69, 9.17) is 23.2 Å². The van der Waals surface area contributed by atoms with Crippen LogP contribution < -0.4 is 0 Å². The van der Waals surface area contributed by atoms with Gasteiger partial charge in [-0.3, -0.25) is 0 Å². The minimum atomic E-state index is -1.13. The SMILES string of the molecule is CN(C(=O)N1CC(C)(O)C1)[C@H](Cc1ccc(Cl)cc1Cl)C(=O)O. The number of β-amino-alcohol motifs (C(OH)–C–C–N with tert-alkyl or cyclic N) is 1. The molecule has 1 fully saturated rings. The number of amides is 2. The van der Waals surface area contributed by atoms with Crippen molar-refractivity contribution in [1.29, 1.82) is 0 Å². The fourth-order valence-electron chi connectivity index (χ4n) is 2.55. The van der Waals surface area contributed by atoms with Crippen molar-refractivity contribution in [2.24, 2.45) is 0 Å². The molecule has 6 nitrogen and oxygen atoms in total. The van der Waals surface area contributed by atoms with Gasteiger partial charge in [-0.05, 0) is 24.6 Å². The van der Waals surface area contributed by atoms with Crippen molar-refractivity contribution < 1.29 is 19.8 Å². The third-order valence-corrected chi connectivity index (χ3v) is 4.40. The lowest BCUT2D eigenvalue weighted by Crippen LogP contribution is -2.65. The number of nitrogens with zero attached hydrogens (tertiary/aromatic N) is 2. The van der Waals surface area contributed by atoms with E-state index in [-0.39, 0.29) is 19.5 Å². The highest BCUT2D eigenvalue weighted by Crippen LogP contribution is 2.25. The fourth-order valence-corrected chi connectivity index (χ4v) is 3.04. The molecular formula is C15H18Cl2N2O4. The van der Waals surface area contributed by atoms with Crippen molar-refractivity contribution >= 4 is 35.2 Å². The molecule has 2 rings (SSSR count). The molecule has 1 aliphatic rings. The summed E-state index contributed by atoms with van der Waals surface area (Å²) in [5, 5.41) is 20.0. The van der Waals surface area contributed by atoms with Crippen LogP contribution in [0.2, 0.25) is 10.0 Å². The number of hydrogen-bond acceptors (Lipinski definition) is 3. The molecule has 0 bridgehead atoms. The Morgan fingerprint density at radius 1 is 1.39 bits per heavy atom. The summed E-state index contributed by atoms with van der Waals surface area (Å²) in [7, 11) is 1.43. The minimum Gasteiger partial charge on any atom is -0.480 e. The molecule has 0 aliphatic carbocycles. The zero-order valence-electron chi connectivity index (χ0n) is 12.8.